The molecule has 0 amide bonds. The zero-order chi connectivity index (χ0) is 12.3. The lowest BCUT2D eigenvalue weighted by Crippen LogP contribution is -2.30. The van der Waals surface area contributed by atoms with Gasteiger partial charge in [0.05, 0.1) is 11.8 Å². The second-order valence-electron chi connectivity index (χ2n) is 4.25. The Morgan fingerprint density at radius 2 is 2.53 bits per heavy atom. The van der Waals surface area contributed by atoms with E-state index in [1.807, 2.05) is 19.2 Å². The van der Waals surface area contributed by atoms with Gasteiger partial charge in [-0.15, -0.1) is 0 Å². The third kappa shape index (κ3) is 2.92. The molecule has 0 radical (unpaired) electrons. The number of ether oxygens (including phenoxy) is 1. The zero-order valence-electron chi connectivity index (χ0n) is 9.93. The molecule has 1 fully saturated rings. The Balaban J connectivity index is 2.12. The Labute approximate surface area is 107 Å². The summed E-state index contributed by atoms with van der Waals surface area (Å²) in [5, 5.41) is 0. The van der Waals surface area contributed by atoms with Crippen LogP contribution in [0, 0.1) is 0 Å². The first-order valence-electron chi connectivity index (χ1n) is 5.76. The number of nitrogens with zero attached hydrogens (tertiary/aromatic N) is 2. The predicted molar refractivity (Wildman–Crippen MR) is 72.4 cm³/mol. The van der Waals surface area contributed by atoms with Gasteiger partial charge in [0, 0.05) is 26.4 Å². The fourth-order valence-electron chi connectivity index (χ4n) is 2.09. The zero-order valence-corrected chi connectivity index (χ0v) is 10.7. The highest BCUT2D eigenvalue weighted by atomic mass is 32.1. The van der Waals surface area contributed by atoms with Crippen molar-refractivity contribution in [3.63, 3.8) is 0 Å². The molecule has 0 aromatic carbocycles. The average Bonchev–Trinajstić information content (AvgIpc) is 2.81. The summed E-state index contributed by atoms with van der Waals surface area (Å²) in [5.74, 6) is 0. The summed E-state index contributed by atoms with van der Waals surface area (Å²) in [4.78, 5) is 6.67. The van der Waals surface area contributed by atoms with E-state index in [-0.39, 0.29) is 0 Å². The van der Waals surface area contributed by atoms with Crippen molar-refractivity contribution in [3.8, 4) is 0 Å². The van der Waals surface area contributed by atoms with Crippen LogP contribution in [-0.2, 0) is 4.74 Å². The first-order valence-corrected chi connectivity index (χ1v) is 6.17. The van der Waals surface area contributed by atoms with E-state index in [1.165, 1.54) is 0 Å². The Hall–Kier alpha value is -1.20. The minimum absolute atomic E-state index is 0.305. The largest absolute Gasteiger partial charge is 0.388 e. The van der Waals surface area contributed by atoms with E-state index in [9.17, 15) is 0 Å². The Morgan fingerprint density at radius 1 is 1.71 bits per heavy atom. The highest BCUT2D eigenvalue weighted by molar-refractivity contribution is 7.80. The summed E-state index contributed by atoms with van der Waals surface area (Å²) < 4.78 is 5.62. The van der Waals surface area contributed by atoms with Gasteiger partial charge in [-0.1, -0.05) is 12.2 Å². The van der Waals surface area contributed by atoms with Crippen LogP contribution in [0.4, 0.5) is 5.69 Å². The molecule has 5 heteroatoms. The topological polar surface area (TPSA) is 51.4 Å². The molecule has 2 heterocycles. The Bertz CT molecular complexity index is 404. The van der Waals surface area contributed by atoms with Gasteiger partial charge in [0.15, 0.2) is 0 Å². The maximum Gasteiger partial charge on any atom is 0.124 e. The number of thiocarbonyl (C=S) groups is 1. The van der Waals surface area contributed by atoms with Crippen LogP contribution in [0.2, 0.25) is 0 Å². The van der Waals surface area contributed by atoms with Crippen LogP contribution in [0.1, 0.15) is 18.5 Å². The van der Waals surface area contributed by atoms with Gasteiger partial charge < -0.3 is 15.4 Å². The van der Waals surface area contributed by atoms with Crippen molar-refractivity contribution >= 4 is 22.9 Å². The van der Waals surface area contributed by atoms with Gasteiger partial charge in [0.2, 0.25) is 0 Å². The van der Waals surface area contributed by atoms with Crippen LogP contribution in [0.15, 0.2) is 18.3 Å². The van der Waals surface area contributed by atoms with Crippen LogP contribution in [-0.4, -0.2) is 36.3 Å². The summed E-state index contributed by atoms with van der Waals surface area (Å²) in [6.45, 7) is 1.72. The summed E-state index contributed by atoms with van der Waals surface area (Å²) in [7, 11) is 2.01. The number of hydrogen-bond donors (Lipinski definition) is 1. The van der Waals surface area contributed by atoms with Gasteiger partial charge in [-0.2, -0.15) is 0 Å². The van der Waals surface area contributed by atoms with Crippen LogP contribution in [0.5, 0.6) is 0 Å². The van der Waals surface area contributed by atoms with E-state index in [2.05, 4.69) is 9.88 Å². The van der Waals surface area contributed by atoms with E-state index in [4.69, 9.17) is 22.7 Å². The molecule has 2 N–H and O–H groups in total. The van der Waals surface area contributed by atoms with Crippen LogP contribution >= 0.6 is 12.2 Å². The first-order chi connectivity index (χ1) is 8.18. The number of hydrogen-bond acceptors (Lipinski definition) is 4. The van der Waals surface area contributed by atoms with E-state index in [1.54, 1.807) is 6.20 Å². The quantitative estimate of drug-likeness (QED) is 0.818. The van der Waals surface area contributed by atoms with E-state index in [0.29, 0.717) is 16.8 Å². The number of nitrogens with two attached hydrogens (primary N) is 1. The Kier molecular flexibility index (Phi) is 3.91. The third-order valence-electron chi connectivity index (χ3n) is 2.93. The smallest absolute Gasteiger partial charge is 0.124 e. The summed E-state index contributed by atoms with van der Waals surface area (Å²) >= 11 is 5.01. The second-order valence-corrected chi connectivity index (χ2v) is 4.69. The van der Waals surface area contributed by atoms with Gasteiger partial charge in [0.25, 0.3) is 0 Å². The van der Waals surface area contributed by atoms with Crippen molar-refractivity contribution in [1.29, 1.82) is 0 Å². The molecule has 1 aliphatic rings. The molecule has 1 unspecified atom stereocenters. The lowest BCUT2D eigenvalue weighted by Gasteiger charge is -2.24. The molecule has 1 aromatic heterocycles. The average molecular weight is 251 g/mol. The maximum atomic E-state index is 5.67. The monoisotopic (exact) mass is 251 g/mol. The minimum Gasteiger partial charge on any atom is -0.388 e. The van der Waals surface area contributed by atoms with Gasteiger partial charge in [-0.05, 0) is 25.0 Å². The number of aromatic nitrogens is 1. The van der Waals surface area contributed by atoms with Crippen molar-refractivity contribution in [2.45, 2.75) is 18.9 Å². The molecule has 1 saturated heterocycles. The molecule has 92 valence electrons. The molecular formula is C12H17N3OS. The highest BCUT2D eigenvalue weighted by Gasteiger charge is 2.19. The number of pyridine rings is 1. The van der Waals surface area contributed by atoms with Crippen molar-refractivity contribution in [2.24, 2.45) is 5.73 Å². The van der Waals surface area contributed by atoms with Gasteiger partial charge in [-0.3, -0.25) is 4.98 Å². The molecular weight excluding hydrogens is 234 g/mol. The number of rotatable bonds is 4. The highest BCUT2D eigenvalue weighted by Crippen LogP contribution is 2.20. The lowest BCUT2D eigenvalue weighted by molar-refractivity contribution is 0.116. The molecule has 0 bridgehead atoms. The second kappa shape index (κ2) is 5.42. The fraction of sp³-hybridized carbons (Fsp3) is 0.500. The van der Waals surface area contributed by atoms with Gasteiger partial charge in [0.1, 0.15) is 10.7 Å². The molecule has 1 aromatic rings. The van der Waals surface area contributed by atoms with E-state index < -0.39 is 0 Å². The first kappa shape index (κ1) is 12.3. The fourth-order valence-corrected chi connectivity index (χ4v) is 2.24. The standard InChI is InChI=1S/C12H17N3OS/c1-15(8-9-4-3-7-16-9)10-5-2-6-14-11(10)12(13)17/h2,5-6,9H,3-4,7-8H2,1H3,(H2,13,17). The molecule has 0 saturated carbocycles. The maximum absolute atomic E-state index is 5.67. The van der Waals surface area contributed by atoms with E-state index >= 15 is 0 Å². The minimum atomic E-state index is 0.305. The molecule has 17 heavy (non-hydrogen) atoms. The van der Waals surface area contributed by atoms with Crippen molar-refractivity contribution in [3.05, 3.63) is 24.0 Å². The van der Waals surface area contributed by atoms with Gasteiger partial charge in [-0.25, -0.2) is 0 Å². The SMILES string of the molecule is CN(CC1CCCO1)c1cccnc1C(N)=S. The molecule has 0 spiro atoms. The lowest BCUT2D eigenvalue weighted by atomic mass is 10.2. The molecule has 2 rings (SSSR count). The van der Waals surface area contributed by atoms with Gasteiger partial charge >= 0.3 is 0 Å². The normalized spacial score (nSPS) is 19.2. The van der Waals surface area contributed by atoms with Crippen molar-refractivity contribution in [2.75, 3.05) is 25.1 Å². The number of likely N-dealkylation sites (N-methyl/N-ethyl adjacent to an activating group) is 1. The predicted octanol–water partition coefficient (Wildman–Crippen LogP) is 1.33. The molecule has 0 aliphatic carbocycles. The van der Waals surface area contributed by atoms with Crippen LogP contribution in [0.3, 0.4) is 0 Å². The van der Waals surface area contributed by atoms with Crippen molar-refractivity contribution < 1.29 is 4.74 Å². The summed E-state index contributed by atoms with van der Waals surface area (Å²) in [5.41, 5.74) is 7.32. The van der Waals surface area contributed by atoms with Crippen LogP contribution in [0.25, 0.3) is 0 Å². The van der Waals surface area contributed by atoms with Crippen molar-refractivity contribution in [1.82, 2.24) is 4.98 Å². The molecule has 4 nitrogen and oxygen atoms in total. The Morgan fingerprint density at radius 3 is 3.18 bits per heavy atom. The number of anilines is 1. The van der Waals surface area contributed by atoms with E-state index in [0.717, 1.165) is 31.7 Å². The summed E-state index contributed by atoms with van der Waals surface area (Å²) in [6, 6.07) is 3.87. The molecule has 1 atom stereocenters. The molecule has 1 aliphatic heterocycles. The third-order valence-corrected chi connectivity index (χ3v) is 3.13. The summed E-state index contributed by atoms with van der Waals surface area (Å²) in [6.07, 6.45) is 4.28. The van der Waals surface area contributed by atoms with Crippen LogP contribution < -0.4 is 10.6 Å².